The van der Waals surface area contributed by atoms with Crippen molar-refractivity contribution in [1.82, 2.24) is 5.32 Å². The summed E-state index contributed by atoms with van der Waals surface area (Å²) in [5.74, 6) is 2.07. The average Bonchev–Trinajstić information content (AvgIpc) is 2.56. The number of hydrogen-bond donors (Lipinski definition) is 1. The smallest absolute Gasteiger partial charge is 0.114 e. The molecule has 2 heteroatoms. The van der Waals surface area contributed by atoms with Crippen molar-refractivity contribution in [3.05, 3.63) is 12.2 Å². The van der Waals surface area contributed by atoms with Crippen molar-refractivity contribution in [2.45, 2.75) is 26.5 Å². The Balaban J connectivity index is 2.01. The molecule has 0 aromatic carbocycles. The van der Waals surface area contributed by atoms with Gasteiger partial charge in [-0.3, -0.25) is 5.32 Å². The fraction of sp³-hybridized carbons (Fsp3) is 0.818. The van der Waals surface area contributed by atoms with Crippen LogP contribution < -0.4 is 5.32 Å². The van der Waals surface area contributed by atoms with E-state index in [9.17, 15) is 0 Å². The zero-order chi connectivity index (χ0) is 9.26. The lowest BCUT2D eigenvalue weighted by atomic mass is 9.80. The molecule has 0 saturated carbocycles. The summed E-state index contributed by atoms with van der Waals surface area (Å²) in [4.78, 5) is 0. The van der Waals surface area contributed by atoms with Crippen LogP contribution in [-0.4, -0.2) is 19.4 Å². The standard InChI is InChI=1S/C11H19NO/c1-8-3-4-10(9(2)7-8)11-12-5-6-13-11/h3-4,8-12H,5-7H2,1-2H3. The molecule has 0 bridgehead atoms. The van der Waals surface area contributed by atoms with Crippen LogP contribution in [0, 0.1) is 17.8 Å². The third kappa shape index (κ3) is 1.94. The van der Waals surface area contributed by atoms with E-state index in [1.807, 2.05) is 0 Å². The van der Waals surface area contributed by atoms with Gasteiger partial charge in [0, 0.05) is 12.5 Å². The van der Waals surface area contributed by atoms with Gasteiger partial charge >= 0.3 is 0 Å². The molecule has 13 heavy (non-hydrogen) atoms. The van der Waals surface area contributed by atoms with Gasteiger partial charge in [0.1, 0.15) is 6.23 Å². The van der Waals surface area contributed by atoms with E-state index in [2.05, 4.69) is 31.3 Å². The highest BCUT2D eigenvalue weighted by Gasteiger charge is 2.30. The molecular weight excluding hydrogens is 162 g/mol. The molecular formula is C11H19NO. The van der Waals surface area contributed by atoms with Crippen LogP contribution in [0.3, 0.4) is 0 Å². The minimum absolute atomic E-state index is 0.277. The second-order valence-electron chi connectivity index (χ2n) is 4.40. The Morgan fingerprint density at radius 3 is 2.77 bits per heavy atom. The zero-order valence-corrected chi connectivity index (χ0v) is 8.49. The summed E-state index contributed by atoms with van der Waals surface area (Å²) in [6.45, 7) is 6.49. The zero-order valence-electron chi connectivity index (χ0n) is 8.49. The van der Waals surface area contributed by atoms with Crippen LogP contribution in [0.15, 0.2) is 12.2 Å². The van der Waals surface area contributed by atoms with Crippen LogP contribution in [-0.2, 0) is 4.74 Å². The molecule has 1 heterocycles. The highest BCUT2D eigenvalue weighted by atomic mass is 16.5. The molecule has 1 aliphatic heterocycles. The van der Waals surface area contributed by atoms with Gasteiger partial charge in [0.25, 0.3) is 0 Å². The Kier molecular flexibility index (Phi) is 2.70. The van der Waals surface area contributed by atoms with E-state index < -0.39 is 0 Å². The summed E-state index contributed by atoms with van der Waals surface area (Å²) >= 11 is 0. The first-order valence-electron chi connectivity index (χ1n) is 5.30. The van der Waals surface area contributed by atoms with Crippen molar-refractivity contribution in [2.24, 2.45) is 17.8 Å². The maximum atomic E-state index is 5.64. The highest BCUT2D eigenvalue weighted by molar-refractivity contribution is 5.02. The highest BCUT2D eigenvalue weighted by Crippen LogP contribution is 2.31. The lowest BCUT2D eigenvalue weighted by Crippen LogP contribution is -2.36. The number of hydrogen-bond acceptors (Lipinski definition) is 2. The molecule has 0 aromatic heterocycles. The van der Waals surface area contributed by atoms with E-state index in [1.54, 1.807) is 0 Å². The maximum Gasteiger partial charge on any atom is 0.114 e. The normalized spacial score (nSPS) is 45.4. The van der Waals surface area contributed by atoms with E-state index in [0.717, 1.165) is 25.0 Å². The van der Waals surface area contributed by atoms with Crippen molar-refractivity contribution in [3.63, 3.8) is 0 Å². The Labute approximate surface area is 80.4 Å². The minimum atomic E-state index is 0.277. The molecule has 0 aromatic rings. The first-order valence-corrected chi connectivity index (χ1v) is 5.30. The fourth-order valence-corrected chi connectivity index (χ4v) is 2.42. The summed E-state index contributed by atoms with van der Waals surface area (Å²) in [6.07, 6.45) is 6.23. The van der Waals surface area contributed by atoms with Crippen molar-refractivity contribution < 1.29 is 4.74 Å². The second-order valence-corrected chi connectivity index (χ2v) is 4.40. The molecule has 2 aliphatic rings. The monoisotopic (exact) mass is 181 g/mol. The molecule has 0 amide bonds. The van der Waals surface area contributed by atoms with Crippen molar-refractivity contribution in [2.75, 3.05) is 13.2 Å². The van der Waals surface area contributed by atoms with Crippen molar-refractivity contribution in [3.8, 4) is 0 Å². The third-order valence-corrected chi connectivity index (χ3v) is 3.16. The molecule has 4 unspecified atom stereocenters. The molecule has 74 valence electrons. The summed E-state index contributed by atoms with van der Waals surface area (Å²) in [6, 6.07) is 0. The average molecular weight is 181 g/mol. The van der Waals surface area contributed by atoms with Gasteiger partial charge in [-0.2, -0.15) is 0 Å². The number of rotatable bonds is 1. The van der Waals surface area contributed by atoms with Crippen LogP contribution in [0.2, 0.25) is 0 Å². The first-order chi connectivity index (χ1) is 6.27. The molecule has 1 fully saturated rings. The van der Waals surface area contributed by atoms with Crippen LogP contribution >= 0.6 is 0 Å². The molecule has 2 rings (SSSR count). The van der Waals surface area contributed by atoms with Crippen LogP contribution in [0.5, 0.6) is 0 Å². The van der Waals surface area contributed by atoms with E-state index in [4.69, 9.17) is 4.74 Å². The summed E-state index contributed by atoms with van der Waals surface area (Å²) in [7, 11) is 0. The van der Waals surface area contributed by atoms with Gasteiger partial charge in [0.05, 0.1) is 6.61 Å². The topological polar surface area (TPSA) is 21.3 Å². The molecule has 0 spiro atoms. The summed E-state index contributed by atoms with van der Waals surface area (Å²) in [5, 5.41) is 3.40. The van der Waals surface area contributed by atoms with E-state index in [-0.39, 0.29) is 6.23 Å². The molecule has 0 radical (unpaired) electrons. The van der Waals surface area contributed by atoms with Gasteiger partial charge in [-0.25, -0.2) is 0 Å². The number of ether oxygens (including phenoxy) is 1. The predicted octanol–water partition coefficient (Wildman–Crippen LogP) is 1.78. The molecule has 1 N–H and O–H groups in total. The molecule has 1 saturated heterocycles. The van der Waals surface area contributed by atoms with Crippen molar-refractivity contribution >= 4 is 0 Å². The van der Waals surface area contributed by atoms with E-state index in [1.165, 1.54) is 6.42 Å². The number of allylic oxidation sites excluding steroid dienone is 1. The van der Waals surface area contributed by atoms with Crippen LogP contribution in [0.1, 0.15) is 20.3 Å². The quantitative estimate of drug-likeness (QED) is 0.623. The predicted molar refractivity (Wildman–Crippen MR) is 53.3 cm³/mol. The Bertz CT molecular complexity index is 196. The van der Waals surface area contributed by atoms with Crippen molar-refractivity contribution in [1.29, 1.82) is 0 Å². The van der Waals surface area contributed by atoms with Gasteiger partial charge in [-0.05, 0) is 18.3 Å². The van der Waals surface area contributed by atoms with E-state index >= 15 is 0 Å². The third-order valence-electron chi connectivity index (χ3n) is 3.16. The first kappa shape index (κ1) is 9.22. The number of nitrogens with one attached hydrogen (secondary N) is 1. The maximum absolute atomic E-state index is 5.64. The largest absolute Gasteiger partial charge is 0.361 e. The van der Waals surface area contributed by atoms with Gasteiger partial charge in [-0.15, -0.1) is 0 Å². The summed E-state index contributed by atoms with van der Waals surface area (Å²) < 4.78 is 5.64. The fourth-order valence-electron chi connectivity index (χ4n) is 2.42. The molecule has 1 aliphatic carbocycles. The Morgan fingerprint density at radius 2 is 2.15 bits per heavy atom. The lowest BCUT2D eigenvalue weighted by molar-refractivity contribution is 0.0436. The molecule has 4 atom stereocenters. The Morgan fingerprint density at radius 1 is 1.31 bits per heavy atom. The Hall–Kier alpha value is -0.340. The lowest BCUT2D eigenvalue weighted by Gasteiger charge is -2.31. The minimum Gasteiger partial charge on any atom is -0.361 e. The van der Waals surface area contributed by atoms with Gasteiger partial charge in [0.15, 0.2) is 0 Å². The van der Waals surface area contributed by atoms with E-state index in [0.29, 0.717) is 5.92 Å². The summed E-state index contributed by atoms with van der Waals surface area (Å²) in [5.41, 5.74) is 0. The van der Waals surface area contributed by atoms with Gasteiger partial charge < -0.3 is 4.74 Å². The van der Waals surface area contributed by atoms with Crippen LogP contribution in [0.25, 0.3) is 0 Å². The van der Waals surface area contributed by atoms with Crippen LogP contribution in [0.4, 0.5) is 0 Å². The van der Waals surface area contributed by atoms with Gasteiger partial charge in [0.2, 0.25) is 0 Å². The van der Waals surface area contributed by atoms with Gasteiger partial charge in [-0.1, -0.05) is 26.0 Å². The molecule has 2 nitrogen and oxygen atoms in total. The second kappa shape index (κ2) is 3.81. The SMILES string of the molecule is CC1C=CC(C2NCCO2)C(C)C1.